The third-order valence-electron chi connectivity index (χ3n) is 4.59. The molecule has 42 heavy (non-hydrogen) atoms. The fourth-order valence-electron chi connectivity index (χ4n) is 2.09. The van der Waals surface area contributed by atoms with E-state index in [0.29, 0.717) is 14.9 Å². The van der Waals surface area contributed by atoms with Crippen molar-refractivity contribution in [3.05, 3.63) is 114 Å². The van der Waals surface area contributed by atoms with Crippen LogP contribution in [0.2, 0.25) is 20.6 Å². The molecule has 222 valence electrons. The normalized spacial score (nSPS) is 9.43. The van der Waals surface area contributed by atoms with E-state index >= 15 is 0 Å². The van der Waals surface area contributed by atoms with E-state index in [4.69, 9.17) is 46.4 Å². The number of nitrogens with zero attached hydrogens (tertiary/aromatic N) is 10. The van der Waals surface area contributed by atoms with Crippen molar-refractivity contribution in [2.75, 3.05) is 0 Å². The fraction of sp³-hybridized carbons (Fsp3) is 0.231. The van der Waals surface area contributed by atoms with Crippen LogP contribution in [-0.4, -0.2) is 49.8 Å². The minimum atomic E-state index is 0.245. The van der Waals surface area contributed by atoms with Gasteiger partial charge in [0.15, 0.2) is 15.5 Å². The number of aromatic nitrogens is 10. The van der Waals surface area contributed by atoms with Gasteiger partial charge in [0.25, 0.3) is 0 Å². The van der Waals surface area contributed by atoms with E-state index in [1.165, 1.54) is 12.4 Å². The van der Waals surface area contributed by atoms with Crippen LogP contribution in [0.1, 0.15) is 34.2 Å². The number of rotatable bonds is 0. The highest BCUT2D eigenvalue weighted by Gasteiger charge is 1.96. The van der Waals surface area contributed by atoms with Gasteiger partial charge in [-0.05, 0) is 73.4 Å². The maximum absolute atomic E-state index is 5.61. The van der Waals surface area contributed by atoms with Crippen molar-refractivity contribution < 1.29 is 0 Å². The van der Waals surface area contributed by atoms with Gasteiger partial charge in [0.2, 0.25) is 0 Å². The zero-order chi connectivity index (χ0) is 31.7. The van der Waals surface area contributed by atoms with Crippen molar-refractivity contribution in [3.63, 3.8) is 0 Å². The topological polar surface area (TPSA) is 129 Å². The first-order valence-corrected chi connectivity index (χ1v) is 14.8. The number of halogens is 6. The van der Waals surface area contributed by atoms with Gasteiger partial charge in [-0.15, -0.1) is 0 Å². The van der Waals surface area contributed by atoms with Crippen LogP contribution < -0.4 is 0 Å². The summed E-state index contributed by atoms with van der Waals surface area (Å²) in [6, 6.07) is 0. The van der Waals surface area contributed by atoms with Crippen LogP contribution in [0.5, 0.6) is 0 Å². The summed E-state index contributed by atoms with van der Waals surface area (Å²) in [6.07, 6.45) is 12.8. The second-order valence-electron chi connectivity index (χ2n) is 7.73. The smallest absolute Gasteiger partial charge is 0.166 e. The maximum atomic E-state index is 5.61. The summed E-state index contributed by atoms with van der Waals surface area (Å²) >= 11 is 28.3. The molecule has 0 aromatic carbocycles. The fourth-order valence-corrected chi connectivity index (χ4v) is 3.30. The summed E-state index contributed by atoms with van der Waals surface area (Å²) < 4.78 is 1.46. The quantitative estimate of drug-likeness (QED) is 0.151. The van der Waals surface area contributed by atoms with Crippen LogP contribution in [0.4, 0.5) is 0 Å². The lowest BCUT2D eigenvalue weighted by atomic mass is 10.4. The summed E-state index contributed by atoms with van der Waals surface area (Å²) in [4.78, 5) is 39.0. The Morgan fingerprint density at radius 1 is 0.381 bits per heavy atom. The standard InChI is InChI=1S/C6H7BrN2.C6H8N2.C5H4BrClN2.C5H5ClN2.C4H2Cl2N2/c1-4-5(2)9-6(7)3-8-4;1-5-6(2)8-4-3-7-5;1-3-5(7)9-4(6)2-8-3;1-4-5(6)8-3-2-7-4;5-3-4(6)8-2-1-7-3/h3H,1-2H3;3-4H,1-2H3;2H,1H3;2-3H,1H3;1-2H. The molecule has 0 bridgehead atoms. The minimum Gasteiger partial charge on any atom is -0.258 e. The predicted molar refractivity (Wildman–Crippen MR) is 174 cm³/mol. The Morgan fingerprint density at radius 2 is 0.714 bits per heavy atom. The van der Waals surface area contributed by atoms with Gasteiger partial charge in [-0.25, -0.2) is 24.9 Å². The van der Waals surface area contributed by atoms with Gasteiger partial charge >= 0.3 is 0 Å². The van der Waals surface area contributed by atoms with Gasteiger partial charge in [0, 0.05) is 37.2 Å². The molecule has 0 spiro atoms. The van der Waals surface area contributed by atoms with E-state index < -0.39 is 0 Å². The molecule has 0 N–H and O–H groups in total. The van der Waals surface area contributed by atoms with E-state index in [-0.39, 0.29) is 10.3 Å². The molecule has 10 nitrogen and oxygen atoms in total. The van der Waals surface area contributed by atoms with E-state index in [2.05, 4.69) is 81.7 Å². The molecule has 0 aliphatic rings. The highest BCUT2D eigenvalue weighted by molar-refractivity contribution is 9.10. The molecule has 0 amide bonds. The zero-order valence-electron chi connectivity index (χ0n) is 23.4. The van der Waals surface area contributed by atoms with Crippen molar-refractivity contribution in [3.8, 4) is 0 Å². The van der Waals surface area contributed by atoms with Gasteiger partial charge in [0.05, 0.1) is 46.6 Å². The largest absolute Gasteiger partial charge is 0.258 e. The number of aryl methyl sites for hydroxylation is 6. The van der Waals surface area contributed by atoms with Gasteiger partial charge in [-0.1, -0.05) is 46.4 Å². The molecule has 5 aromatic heterocycles. The molecule has 5 heterocycles. The molecule has 5 rings (SSSR count). The summed E-state index contributed by atoms with van der Waals surface area (Å²) in [6.45, 7) is 11.4. The number of hydrogen-bond acceptors (Lipinski definition) is 10. The Morgan fingerprint density at radius 3 is 1.00 bits per heavy atom. The Balaban J connectivity index is 0.000000263. The molecule has 0 saturated carbocycles. The lowest BCUT2D eigenvalue weighted by molar-refractivity contribution is 1.03. The van der Waals surface area contributed by atoms with Gasteiger partial charge < -0.3 is 0 Å². The molecular formula is C26H26Br2Cl4N10. The Kier molecular flexibility index (Phi) is 18.3. The van der Waals surface area contributed by atoms with Crippen LogP contribution in [0.15, 0.2) is 58.8 Å². The van der Waals surface area contributed by atoms with Crippen molar-refractivity contribution in [1.82, 2.24) is 49.8 Å². The van der Waals surface area contributed by atoms with Crippen LogP contribution in [0.3, 0.4) is 0 Å². The molecule has 0 atom stereocenters. The first-order valence-electron chi connectivity index (χ1n) is 11.7. The highest BCUT2D eigenvalue weighted by Crippen LogP contribution is 2.13. The van der Waals surface area contributed by atoms with Crippen LogP contribution >= 0.6 is 78.3 Å². The van der Waals surface area contributed by atoms with Gasteiger partial charge in [0.1, 0.15) is 14.4 Å². The van der Waals surface area contributed by atoms with Crippen LogP contribution in [0.25, 0.3) is 0 Å². The van der Waals surface area contributed by atoms with Crippen LogP contribution in [0, 0.1) is 41.5 Å². The lowest BCUT2D eigenvalue weighted by Crippen LogP contribution is -1.89. The molecule has 5 aromatic rings. The first kappa shape index (κ1) is 37.5. The van der Waals surface area contributed by atoms with Crippen molar-refractivity contribution in [2.24, 2.45) is 0 Å². The lowest BCUT2D eigenvalue weighted by Gasteiger charge is -1.95. The molecule has 0 unspecified atom stereocenters. The molecule has 0 aliphatic heterocycles. The zero-order valence-corrected chi connectivity index (χ0v) is 29.6. The molecule has 0 radical (unpaired) electrons. The molecule has 0 aliphatic carbocycles. The second-order valence-corrected chi connectivity index (χ2v) is 10.8. The highest BCUT2D eigenvalue weighted by atomic mass is 79.9. The van der Waals surface area contributed by atoms with E-state index in [9.17, 15) is 0 Å². The summed E-state index contributed by atoms with van der Waals surface area (Å²) in [5.41, 5.74) is 5.50. The Hall–Kier alpha value is -2.48. The minimum absolute atomic E-state index is 0.245. The third kappa shape index (κ3) is 15.7. The second kappa shape index (κ2) is 20.4. The Labute approximate surface area is 281 Å². The first-order chi connectivity index (χ1) is 19.8. The SMILES string of the molecule is Cc1ncc(Br)nc1C.Cc1ncc(Br)nc1Cl.Cc1nccnc1C.Cc1nccnc1Cl.Clc1nccnc1Cl. The molecule has 16 heteroatoms. The molecular weight excluding hydrogens is 754 g/mol. The Bertz CT molecular complexity index is 1330. The average molecular weight is 780 g/mol. The van der Waals surface area contributed by atoms with E-state index in [1.807, 2.05) is 41.5 Å². The monoisotopic (exact) mass is 776 g/mol. The molecule has 0 fully saturated rings. The van der Waals surface area contributed by atoms with E-state index in [1.54, 1.807) is 37.2 Å². The van der Waals surface area contributed by atoms with Gasteiger partial charge in [-0.2, -0.15) is 0 Å². The van der Waals surface area contributed by atoms with Crippen molar-refractivity contribution >= 4 is 78.3 Å². The summed E-state index contributed by atoms with van der Waals surface area (Å²) in [7, 11) is 0. The predicted octanol–water partition coefficient (Wildman–Crippen LogP) is 8.37. The van der Waals surface area contributed by atoms with Crippen LogP contribution in [-0.2, 0) is 0 Å². The molecule has 0 saturated heterocycles. The third-order valence-corrected chi connectivity index (χ3v) is 6.73. The average Bonchev–Trinajstić information content (AvgIpc) is 2.95. The number of hydrogen-bond donors (Lipinski definition) is 0. The summed E-state index contributed by atoms with van der Waals surface area (Å²) in [5, 5.41) is 1.42. The van der Waals surface area contributed by atoms with Gasteiger partial charge in [-0.3, -0.25) is 24.9 Å². The van der Waals surface area contributed by atoms with Crippen molar-refractivity contribution in [2.45, 2.75) is 41.5 Å². The van der Waals surface area contributed by atoms with E-state index in [0.717, 1.165) is 38.8 Å². The maximum Gasteiger partial charge on any atom is 0.166 e. The van der Waals surface area contributed by atoms with Crippen molar-refractivity contribution in [1.29, 1.82) is 0 Å². The summed E-state index contributed by atoms with van der Waals surface area (Å²) in [5.74, 6) is 0.